The van der Waals surface area contributed by atoms with E-state index in [1.54, 1.807) is 24.3 Å². The number of halogens is 2. The highest BCUT2D eigenvalue weighted by molar-refractivity contribution is 7.93. The third-order valence-electron chi connectivity index (χ3n) is 6.09. The van der Waals surface area contributed by atoms with E-state index in [4.69, 9.17) is 17.3 Å². The SMILES string of the molecule is C[C@@]1(c2cc(CC(=O)c3ccc(Cl)cn3)ccc2F)CS(=O)(=O)[C@@](C)(c2ccccn2)C(N)=N1. The second-order valence-corrected chi connectivity index (χ2v) is 11.3. The van der Waals surface area contributed by atoms with Gasteiger partial charge in [0.15, 0.2) is 20.4 Å². The number of rotatable bonds is 5. The minimum Gasteiger partial charge on any atom is -0.386 e. The Labute approximate surface area is 201 Å². The van der Waals surface area contributed by atoms with Crippen molar-refractivity contribution in [1.82, 2.24) is 9.97 Å². The number of Topliss-reactive ketones (excluding diaryl/α,β-unsaturated/α-hetero) is 1. The van der Waals surface area contributed by atoms with Crippen LogP contribution in [0.25, 0.3) is 0 Å². The van der Waals surface area contributed by atoms with E-state index in [1.807, 2.05) is 0 Å². The van der Waals surface area contributed by atoms with E-state index in [2.05, 4.69) is 15.0 Å². The second-order valence-electron chi connectivity index (χ2n) is 8.55. The molecule has 1 aromatic carbocycles. The van der Waals surface area contributed by atoms with Crippen LogP contribution in [0.3, 0.4) is 0 Å². The summed E-state index contributed by atoms with van der Waals surface area (Å²) in [5, 5.41) is 0.403. The van der Waals surface area contributed by atoms with E-state index in [0.717, 1.165) is 0 Å². The number of nitrogens with two attached hydrogens (primary N) is 1. The van der Waals surface area contributed by atoms with Crippen molar-refractivity contribution >= 4 is 33.1 Å². The van der Waals surface area contributed by atoms with Gasteiger partial charge < -0.3 is 5.73 Å². The molecule has 1 aliphatic heterocycles. The van der Waals surface area contributed by atoms with Gasteiger partial charge in [0, 0.05) is 24.4 Å². The molecule has 0 amide bonds. The summed E-state index contributed by atoms with van der Waals surface area (Å²) in [5.74, 6) is -1.59. The molecule has 4 rings (SSSR count). The standard InChI is InChI=1S/C24H22ClFN4O3S/c1-23(14-34(32,33)24(2,22(27)30-23)21-5-3-4-10-28-21)17-11-15(6-8-18(17)26)12-20(31)19-9-7-16(25)13-29-19/h3-11,13H,12,14H2,1-2H3,(H2,27,30)/t23-,24-/m0/s1. The first-order valence-electron chi connectivity index (χ1n) is 10.4. The molecule has 0 fully saturated rings. The van der Waals surface area contributed by atoms with Gasteiger partial charge in [-0.15, -0.1) is 0 Å². The molecule has 10 heteroatoms. The van der Waals surface area contributed by atoms with Crippen molar-refractivity contribution in [1.29, 1.82) is 0 Å². The highest BCUT2D eigenvalue weighted by atomic mass is 35.5. The number of ketones is 1. The molecule has 34 heavy (non-hydrogen) atoms. The van der Waals surface area contributed by atoms with Gasteiger partial charge in [-0.2, -0.15) is 0 Å². The zero-order valence-electron chi connectivity index (χ0n) is 18.5. The smallest absolute Gasteiger partial charge is 0.185 e. The molecule has 0 bridgehead atoms. The average molecular weight is 501 g/mol. The number of nitrogens with zero attached hydrogens (tertiary/aromatic N) is 3. The Morgan fingerprint density at radius 3 is 2.53 bits per heavy atom. The zero-order chi connectivity index (χ0) is 24.7. The number of carbonyl (C=O) groups is 1. The van der Waals surface area contributed by atoms with E-state index in [0.29, 0.717) is 10.6 Å². The molecule has 0 saturated carbocycles. The lowest BCUT2D eigenvalue weighted by molar-refractivity contribution is 0.0988. The Bertz CT molecular complexity index is 1400. The Balaban J connectivity index is 1.73. The van der Waals surface area contributed by atoms with Gasteiger partial charge in [0.05, 0.1) is 16.5 Å². The van der Waals surface area contributed by atoms with Crippen LogP contribution in [0.2, 0.25) is 5.02 Å². The maximum absolute atomic E-state index is 15.0. The van der Waals surface area contributed by atoms with E-state index in [1.165, 1.54) is 50.5 Å². The quantitative estimate of drug-likeness (QED) is 0.535. The minimum atomic E-state index is -3.96. The molecule has 0 saturated heterocycles. The fourth-order valence-corrected chi connectivity index (χ4v) is 6.23. The number of hydrogen-bond acceptors (Lipinski definition) is 7. The van der Waals surface area contributed by atoms with Gasteiger partial charge in [0.1, 0.15) is 22.9 Å². The van der Waals surface area contributed by atoms with Crippen molar-refractivity contribution in [2.45, 2.75) is 30.6 Å². The second kappa shape index (κ2) is 8.56. The average Bonchev–Trinajstić information content (AvgIpc) is 2.79. The molecular formula is C24H22ClFN4O3S. The number of carbonyl (C=O) groups excluding carboxylic acids is 1. The van der Waals surface area contributed by atoms with Crippen LogP contribution in [0, 0.1) is 5.82 Å². The molecule has 2 atom stereocenters. The lowest BCUT2D eigenvalue weighted by atomic mass is 9.90. The molecule has 1 aliphatic rings. The van der Waals surface area contributed by atoms with Crippen molar-refractivity contribution in [3.8, 4) is 0 Å². The van der Waals surface area contributed by atoms with E-state index in [-0.39, 0.29) is 35.0 Å². The van der Waals surface area contributed by atoms with Gasteiger partial charge >= 0.3 is 0 Å². The Morgan fingerprint density at radius 1 is 1.15 bits per heavy atom. The highest BCUT2D eigenvalue weighted by Crippen LogP contribution is 2.42. The molecule has 176 valence electrons. The minimum absolute atomic E-state index is 0.0384. The number of hydrogen-bond donors (Lipinski definition) is 1. The maximum Gasteiger partial charge on any atom is 0.185 e. The fourth-order valence-electron chi connectivity index (χ4n) is 4.06. The number of aromatic nitrogens is 2. The number of pyridine rings is 2. The van der Waals surface area contributed by atoms with Crippen molar-refractivity contribution in [3.05, 3.63) is 94.3 Å². The number of aliphatic imine (C=N–C) groups is 1. The molecule has 2 aromatic heterocycles. The molecule has 0 spiro atoms. The molecule has 3 heterocycles. The normalized spacial score (nSPS) is 23.8. The van der Waals surface area contributed by atoms with Gasteiger partial charge in [-0.05, 0) is 55.8 Å². The Kier molecular flexibility index (Phi) is 6.03. The van der Waals surface area contributed by atoms with Crippen LogP contribution in [0.5, 0.6) is 0 Å². The Hall–Kier alpha value is -3.17. The van der Waals surface area contributed by atoms with E-state index in [9.17, 15) is 17.6 Å². The lowest BCUT2D eigenvalue weighted by Crippen LogP contribution is -2.55. The van der Waals surface area contributed by atoms with Gasteiger partial charge in [-0.3, -0.25) is 19.8 Å². The Morgan fingerprint density at radius 2 is 1.91 bits per heavy atom. The number of sulfone groups is 1. The summed E-state index contributed by atoms with van der Waals surface area (Å²) in [6, 6.07) is 12.1. The zero-order valence-corrected chi connectivity index (χ0v) is 20.1. The summed E-state index contributed by atoms with van der Waals surface area (Å²) in [7, 11) is -3.96. The van der Waals surface area contributed by atoms with Crippen LogP contribution in [-0.4, -0.2) is 35.8 Å². The van der Waals surface area contributed by atoms with Crippen molar-refractivity contribution in [2.24, 2.45) is 10.7 Å². The lowest BCUT2D eigenvalue weighted by Gasteiger charge is -2.39. The summed E-state index contributed by atoms with van der Waals surface area (Å²) < 4.78 is 40.3. The first kappa shape index (κ1) is 24.0. The summed E-state index contributed by atoms with van der Waals surface area (Å²) in [6.07, 6.45) is 2.79. The first-order valence-corrected chi connectivity index (χ1v) is 12.4. The molecule has 0 aliphatic carbocycles. The highest BCUT2D eigenvalue weighted by Gasteiger charge is 2.54. The summed E-state index contributed by atoms with van der Waals surface area (Å²) in [5.41, 5.74) is 5.73. The monoisotopic (exact) mass is 500 g/mol. The molecule has 0 radical (unpaired) electrons. The maximum atomic E-state index is 15.0. The van der Waals surface area contributed by atoms with Crippen LogP contribution in [-0.2, 0) is 26.5 Å². The summed E-state index contributed by atoms with van der Waals surface area (Å²) >= 11 is 5.82. The van der Waals surface area contributed by atoms with Crippen LogP contribution in [0.1, 0.15) is 41.2 Å². The van der Waals surface area contributed by atoms with Crippen molar-refractivity contribution in [3.63, 3.8) is 0 Å². The predicted octanol–water partition coefficient (Wildman–Crippen LogP) is 3.61. The van der Waals surface area contributed by atoms with E-state index >= 15 is 0 Å². The van der Waals surface area contributed by atoms with Crippen LogP contribution in [0.15, 0.2) is 65.9 Å². The van der Waals surface area contributed by atoms with Gasteiger partial charge in [-0.25, -0.2) is 12.8 Å². The fraction of sp³-hybridized carbons (Fsp3) is 0.250. The summed E-state index contributed by atoms with van der Waals surface area (Å²) in [6.45, 7) is 2.97. The topological polar surface area (TPSA) is 115 Å². The third kappa shape index (κ3) is 4.10. The molecule has 2 N–H and O–H groups in total. The molecule has 7 nitrogen and oxygen atoms in total. The van der Waals surface area contributed by atoms with Crippen LogP contribution < -0.4 is 5.73 Å². The third-order valence-corrected chi connectivity index (χ3v) is 8.92. The van der Waals surface area contributed by atoms with Gasteiger partial charge in [0.25, 0.3) is 0 Å². The van der Waals surface area contributed by atoms with Crippen LogP contribution >= 0.6 is 11.6 Å². The predicted molar refractivity (Wildman–Crippen MR) is 128 cm³/mol. The van der Waals surface area contributed by atoms with Crippen molar-refractivity contribution in [2.75, 3.05) is 5.75 Å². The first-order chi connectivity index (χ1) is 16.0. The van der Waals surface area contributed by atoms with Gasteiger partial charge in [-0.1, -0.05) is 23.7 Å². The molecule has 0 unspecified atom stereocenters. The number of benzene rings is 1. The van der Waals surface area contributed by atoms with Crippen molar-refractivity contribution < 1.29 is 17.6 Å². The number of amidine groups is 1. The molecule has 3 aromatic rings. The van der Waals surface area contributed by atoms with Gasteiger partial charge in [0.2, 0.25) is 0 Å². The van der Waals surface area contributed by atoms with Crippen LogP contribution in [0.4, 0.5) is 4.39 Å². The largest absolute Gasteiger partial charge is 0.386 e. The summed E-state index contributed by atoms with van der Waals surface area (Å²) in [4.78, 5) is 25.3. The molecular weight excluding hydrogens is 479 g/mol. The van der Waals surface area contributed by atoms with E-state index < -0.39 is 31.7 Å².